The highest BCUT2D eigenvalue weighted by molar-refractivity contribution is 5.93. The van der Waals surface area contributed by atoms with E-state index in [1.54, 1.807) is 28.1 Å². The van der Waals surface area contributed by atoms with E-state index in [0.717, 1.165) is 19.4 Å². The molecular formula is C18H23N5O3. The number of amides is 2. The molecule has 26 heavy (non-hydrogen) atoms. The number of anilines is 1. The van der Waals surface area contributed by atoms with Crippen molar-refractivity contribution in [3.05, 3.63) is 42.2 Å². The normalized spacial score (nSPS) is 14.3. The van der Waals surface area contributed by atoms with E-state index in [-0.39, 0.29) is 11.8 Å². The maximum Gasteiger partial charge on any atom is 0.289 e. The van der Waals surface area contributed by atoms with Gasteiger partial charge in [-0.2, -0.15) is 0 Å². The fraction of sp³-hybridized carbons (Fsp3) is 0.444. The first-order valence-electron chi connectivity index (χ1n) is 8.87. The topological polar surface area (TPSA) is 91.6 Å². The molecule has 1 fully saturated rings. The SMILES string of the molecule is CCCCNc1cnc(C(=O)N2CCN(C(=O)c3ccco3)CC2)cn1. The van der Waals surface area contributed by atoms with Crippen LogP contribution in [0.1, 0.15) is 40.8 Å². The summed E-state index contributed by atoms with van der Waals surface area (Å²) in [5, 5.41) is 3.17. The van der Waals surface area contributed by atoms with Gasteiger partial charge in [0.15, 0.2) is 5.76 Å². The van der Waals surface area contributed by atoms with E-state index < -0.39 is 0 Å². The Hall–Kier alpha value is -2.90. The van der Waals surface area contributed by atoms with Crippen LogP contribution in [-0.2, 0) is 0 Å². The van der Waals surface area contributed by atoms with Crippen LogP contribution in [0.5, 0.6) is 0 Å². The first kappa shape index (κ1) is 17.9. The summed E-state index contributed by atoms with van der Waals surface area (Å²) in [5.41, 5.74) is 0.317. The molecule has 2 aromatic rings. The van der Waals surface area contributed by atoms with Crippen molar-refractivity contribution in [3.63, 3.8) is 0 Å². The summed E-state index contributed by atoms with van der Waals surface area (Å²) in [6.07, 6.45) is 6.72. The van der Waals surface area contributed by atoms with E-state index in [9.17, 15) is 9.59 Å². The van der Waals surface area contributed by atoms with Gasteiger partial charge in [0, 0.05) is 32.7 Å². The first-order valence-corrected chi connectivity index (χ1v) is 8.87. The predicted molar refractivity (Wildman–Crippen MR) is 95.9 cm³/mol. The third-order valence-electron chi connectivity index (χ3n) is 4.29. The van der Waals surface area contributed by atoms with Crippen molar-refractivity contribution in [2.45, 2.75) is 19.8 Å². The lowest BCUT2D eigenvalue weighted by molar-refractivity contribution is 0.0515. The van der Waals surface area contributed by atoms with Gasteiger partial charge in [0.05, 0.1) is 18.7 Å². The Morgan fingerprint density at radius 2 is 1.85 bits per heavy atom. The predicted octanol–water partition coefficient (Wildman–Crippen LogP) is 1.88. The Labute approximate surface area is 152 Å². The molecule has 1 saturated heterocycles. The highest BCUT2D eigenvalue weighted by atomic mass is 16.3. The van der Waals surface area contributed by atoms with Gasteiger partial charge in [-0.25, -0.2) is 9.97 Å². The van der Waals surface area contributed by atoms with E-state index in [0.29, 0.717) is 43.5 Å². The van der Waals surface area contributed by atoms with Gasteiger partial charge >= 0.3 is 0 Å². The quantitative estimate of drug-likeness (QED) is 0.794. The average molecular weight is 357 g/mol. The van der Waals surface area contributed by atoms with Gasteiger partial charge in [-0.05, 0) is 18.6 Å². The van der Waals surface area contributed by atoms with Crippen LogP contribution in [0.25, 0.3) is 0 Å². The fourth-order valence-electron chi connectivity index (χ4n) is 2.75. The molecule has 0 saturated carbocycles. The second-order valence-electron chi connectivity index (χ2n) is 6.13. The average Bonchev–Trinajstić information content (AvgIpc) is 3.23. The van der Waals surface area contributed by atoms with E-state index >= 15 is 0 Å². The molecule has 1 aliphatic rings. The number of hydrogen-bond acceptors (Lipinski definition) is 6. The summed E-state index contributed by atoms with van der Waals surface area (Å²) in [6, 6.07) is 3.33. The summed E-state index contributed by atoms with van der Waals surface area (Å²) in [7, 11) is 0. The zero-order valence-corrected chi connectivity index (χ0v) is 14.9. The van der Waals surface area contributed by atoms with Gasteiger partial charge in [0.1, 0.15) is 11.5 Å². The van der Waals surface area contributed by atoms with Crippen LogP contribution >= 0.6 is 0 Å². The van der Waals surface area contributed by atoms with Crippen LogP contribution in [0.2, 0.25) is 0 Å². The van der Waals surface area contributed by atoms with Crippen LogP contribution in [-0.4, -0.2) is 64.3 Å². The molecule has 0 unspecified atom stereocenters. The molecule has 0 aromatic carbocycles. The molecule has 1 aliphatic heterocycles. The van der Waals surface area contributed by atoms with E-state index in [1.807, 2.05) is 0 Å². The molecule has 0 atom stereocenters. The third kappa shape index (κ3) is 4.19. The maximum atomic E-state index is 12.6. The molecule has 138 valence electrons. The van der Waals surface area contributed by atoms with Crippen molar-refractivity contribution in [2.75, 3.05) is 38.0 Å². The van der Waals surface area contributed by atoms with Crippen LogP contribution in [0.4, 0.5) is 5.82 Å². The minimum Gasteiger partial charge on any atom is -0.459 e. The van der Waals surface area contributed by atoms with Crippen molar-refractivity contribution < 1.29 is 14.0 Å². The number of carbonyl (C=O) groups excluding carboxylic acids is 2. The lowest BCUT2D eigenvalue weighted by Crippen LogP contribution is -2.50. The van der Waals surface area contributed by atoms with Gasteiger partial charge in [0.25, 0.3) is 11.8 Å². The van der Waals surface area contributed by atoms with Crippen molar-refractivity contribution in [3.8, 4) is 0 Å². The number of nitrogens with zero attached hydrogens (tertiary/aromatic N) is 4. The standard InChI is InChI=1S/C18H23N5O3/c1-2-3-6-19-16-13-20-14(12-21-16)17(24)22-7-9-23(10-8-22)18(25)15-5-4-11-26-15/h4-5,11-13H,2-3,6-10H2,1H3,(H,19,21). The number of nitrogens with one attached hydrogen (secondary N) is 1. The van der Waals surface area contributed by atoms with Gasteiger partial charge in [-0.15, -0.1) is 0 Å². The van der Waals surface area contributed by atoms with Crippen molar-refractivity contribution >= 4 is 17.6 Å². The minimum atomic E-state index is -0.164. The minimum absolute atomic E-state index is 0.149. The number of piperazine rings is 1. The number of rotatable bonds is 6. The van der Waals surface area contributed by atoms with Crippen molar-refractivity contribution in [2.24, 2.45) is 0 Å². The summed E-state index contributed by atoms with van der Waals surface area (Å²) >= 11 is 0. The number of hydrogen-bond donors (Lipinski definition) is 1. The van der Waals surface area contributed by atoms with Crippen LogP contribution in [0.3, 0.4) is 0 Å². The molecule has 8 nitrogen and oxygen atoms in total. The molecule has 2 amide bonds. The van der Waals surface area contributed by atoms with E-state index in [1.165, 1.54) is 12.5 Å². The number of aromatic nitrogens is 2. The van der Waals surface area contributed by atoms with Crippen molar-refractivity contribution in [1.82, 2.24) is 19.8 Å². The lowest BCUT2D eigenvalue weighted by atomic mass is 10.2. The fourth-order valence-corrected chi connectivity index (χ4v) is 2.75. The Morgan fingerprint density at radius 1 is 1.12 bits per heavy atom. The molecular weight excluding hydrogens is 334 g/mol. The van der Waals surface area contributed by atoms with Gasteiger partial charge in [0.2, 0.25) is 0 Å². The summed E-state index contributed by atoms with van der Waals surface area (Å²) in [4.78, 5) is 36.7. The second-order valence-corrected chi connectivity index (χ2v) is 6.13. The highest BCUT2D eigenvalue weighted by Crippen LogP contribution is 2.12. The molecule has 8 heteroatoms. The Balaban J connectivity index is 1.52. The largest absolute Gasteiger partial charge is 0.459 e. The summed E-state index contributed by atoms with van der Waals surface area (Å²) in [5.74, 6) is 0.678. The maximum absolute atomic E-state index is 12.6. The third-order valence-corrected chi connectivity index (χ3v) is 4.29. The smallest absolute Gasteiger partial charge is 0.289 e. The zero-order chi connectivity index (χ0) is 18.4. The number of unbranched alkanes of at least 4 members (excludes halogenated alkanes) is 1. The van der Waals surface area contributed by atoms with Crippen molar-refractivity contribution in [1.29, 1.82) is 0 Å². The molecule has 0 radical (unpaired) electrons. The molecule has 0 bridgehead atoms. The zero-order valence-electron chi connectivity index (χ0n) is 14.9. The Kier molecular flexibility index (Phi) is 5.83. The van der Waals surface area contributed by atoms with Gasteiger partial charge in [-0.3, -0.25) is 9.59 Å². The van der Waals surface area contributed by atoms with Gasteiger partial charge in [-0.1, -0.05) is 13.3 Å². The Bertz CT molecular complexity index is 722. The molecule has 2 aromatic heterocycles. The molecule has 1 N–H and O–H groups in total. The van der Waals surface area contributed by atoms with E-state index in [4.69, 9.17) is 4.42 Å². The van der Waals surface area contributed by atoms with Crippen LogP contribution < -0.4 is 5.32 Å². The first-order chi connectivity index (χ1) is 12.7. The molecule has 0 aliphatic carbocycles. The van der Waals surface area contributed by atoms with Gasteiger partial charge < -0.3 is 19.5 Å². The number of carbonyl (C=O) groups is 2. The molecule has 3 heterocycles. The molecule has 0 spiro atoms. The number of furan rings is 1. The Morgan fingerprint density at radius 3 is 2.42 bits per heavy atom. The van der Waals surface area contributed by atoms with E-state index in [2.05, 4.69) is 22.2 Å². The lowest BCUT2D eigenvalue weighted by Gasteiger charge is -2.34. The van der Waals surface area contributed by atoms with Crippen LogP contribution in [0, 0.1) is 0 Å². The summed E-state index contributed by atoms with van der Waals surface area (Å²) in [6.45, 7) is 4.82. The summed E-state index contributed by atoms with van der Waals surface area (Å²) < 4.78 is 5.14. The second kappa shape index (κ2) is 8.46. The molecule has 3 rings (SSSR count). The van der Waals surface area contributed by atoms with Crippen LogP contribution in [0.15, 0.2) is 35.2 Å². The highest BCUT2D eigenvalue weighted by Gasteiger charge is 2.27. The monoisotopic (exact) mass is 357 g/mol.